The highest BCUT2D eigenvalue weighted by Gasteiger charge is 2.31. The molecular weight excluding hydrogens is 563 g/mol. The molecule has 0 spiro atoms. The Balaban J connectivity index is 1.91. The summed E-state index contributed by atoms with van der Waals surface area (Å²) >= 11 is 0. The molecule has 4 aromatic rings. The summed E-state index contributed by atoms with van der Waals surface area (Å²) in [5, 5.41) is 8.08. The normalized spacial score (nSPS) is 13.5. The second-order valence-electron chi connectivity index (χ2n) is 10.6. The van der Waals surface area contributed by atoms with Crippen molar-refractivity contribution < 1.29 is 31.1 Å². The minimum absolute atomic E-state index is 0.0106. The third-order valence-corrected chi connectivity index (χ3v) is 7.33. The highest BCUT2D eigenvalue weighted by molar-refractivity contribution is 7.90. The van der Waals surface area contributed by atoms with Gasteiger partial charge in [-0.05, 0) is 52.0 Å². The van der Waals surface area contributed by atoms with E-state index in [2.05, 4.69) is 15.2 Å². The second-order valence-corrected chi connectivity index (χ2v) is 12.6. The molecule has 0 radical (unpaired) electrons. The number of aromatic nitrogens is 5. The fourth-order valence-corrected chi connectivity index (χ4v) is 5.23. The molecule has 0 aliphatic heterocycles. The number of ether oxygens (including phenoxy) is 1. The monoisotopic (exact) mass is 593 g/mol. The van der Waals surface area contributed by atoms with E-state index >= 15 is 0 Å². The molecule has 3 heterocycles. The highest BCUT2D eigenvalue weighted by atomic mass is 32.2. The van der Waals surface area contributed by atoms with Crippen LogP contribution in [0.2, 0.25) is 0 Å². The van der Waals surface area contributed by atoms with Crippen molar-refractivity contribution in [2.45, 2.75) is 57.0 Å². The number of carbonyl (C=O) groups is 1. The lowest BCUT2D eigenvalue weighted by molar-refractivity contribution is -0.142. The standard InChI is InChI=1S/C26H30F3N7O4S/c1-16(12-40-25(2,3)4)34(15-37)21-10-17(6-7-22(21)41(5,38)39)20-11-18(23-24(30)31-14-33-36(20)23)19-8-9-32-35(19)13-26(27,28)29/h6-11,14-16H,12-13H2,1-5H3,(H2,30,31,33)/t16-/m0/s1. The predicted octanol–water partition coefficient (Wildman–Crippen LogP) is 3.97. The molecule has 0 aliphatic rings. The van der Waals surface area contributed by atoms with Gasteiger partial charge in [0.2, 0.25) is 6.41 Å². The number of halogens is 3. The van der Waals surface area contributed by atoms with Crippen molar-refractivity contribution in [2.75, 3.05) is 23.5 Å². The zero-order chi connectivity index (χ0) is 30.3. The van der Waals surface area contributed by atoms with Crippen molar-refractivity contribution >= 4 is 33.3 Å². The molecule has 1 amide bonds. The number of nitrogen functional groups attached to an aromatic ring is 1. The van der Waals surface area contributed by atoms with Gasteiger partial charge in [-0.25, -0.2) is 17.9 Å². The first-order valence-corrected chi connectivity index (χ1v) is 14.3. The Morgan fingerprint density at radius 2 is 1.83 bits per heavy atom. The molecule has 0 aliphatic carbocycles. The number of fused-ring (bicyclic) bond motifs is 1. The van der Waals surface area contributed by atoms with Crippen LogP contribution in [0.25, 0.3) is 28.0 Å². The van der Waals surface area contributed by atoms with Crippen LogP contribution in [0.1, 0.15) is 27.7 Å². The molecule has 41 heavy (non-hydrogen) atoms. The zero-order valence-electron chi connectivity index (χ0n) is 23.0. The lowest BCUT2D eigenvalue weighted by atomic mass is 10.1. The highest BCUT2D eigenvalue weighted by Crippen LogP contribution is 2.38. The van der Waals surface area contributed by atoms with Crippen LogP contribution in [0.15, 0.2) is 47.8 Å². The number of benzene rings is 1. The maximum atomic E-state index is 13.2. The molecular formula is C26H30F3N7O4S. The lowest BCUT2D eigenvalue weighted by Crippen LogP contribution is -2.38. The average molecular weight is 594 g/mol. The molecule has 0 saturated carbocycles. The Hall–Kier alpha value is -3.98. The van der Waals surface area contributed by atoms with Gasteiger partial charge >= 0.3 is 6.18 Å². The van der Waals surface area contributed by atoms with E-state index in [1.54, 1.807) is 13.0 Å². The van der Waals surface area contributed by atoms with E-state index in [4.69, 9.17) is 10.5 Å². The number of alkyl halides is 3. The van der Waals surface area contributed by atoms with Crippen molar-refractivity contribution in [1.29, 1.82) is 0 Å². The van der Waals surface area contributed by atoms with Gasteiger partial charge in [-0.3, -0.25) is 9.48 Å². The Morgan fingerprint density at radius 1 is 1.12 bits per heavy atom. The van der Waals surface area contributed by atoms with E-state index in [1.807, 2.05) is 20.8 Å². The maximum Gasteiger partial charge on any atom is 0.408 e. The van der Waals surface area contributed by atoms with Gasteiger partial charge in [0.1, 0.15) is 18.4 Å². The van der Waals surface area contributed by atoms with E-state index in [-0.39, 0.29) is 39.8 Å². The molecule has 1 atom stereocenters. The Kier molecular flexibility index (Phi) is 7.88. The summed E-state index contributed by atoms with van der Waals surface area (Å²) in [5.41, 5.74) is 7.19. The van der Waals surface area contributed by atoms with Crippen LogP contribution < -0.4 is 10.6 Å². The van der Waals surface area contributed by atoms with Crippen LogP contribution in [0.5, 0.6) is 0 Å². The predicted molar refractivity (Wildman–Crippen MR) is 147 cm³/mol. The van der Waals surface area contributed by atoms with Crippen LogP contribution in [0, 0.1) is 0 Å². The number of nitrogens with two attached hydrogens (primary N) is 1. The van der Waals surface area contributed by atoms with Gasteiger partial charge in [-0.1, -0.05) is 6.07 Å². The first-order chi connectivity index (χ1) is 19.0. The molecule has 4 rings (SSSR count). The number of carbonyl (C=O) groups excluding carboxylic acids is 1. The summed E-state index contributed by atoms with van der Waals surface area (Å²) in [6, 6.07) is 6.84. The number of sulfone groups is 1. The molecule has 3 aromatic heterocycles. The number of rotatable bonds is 9. The largest absolute Gasteiger partial charge is 0.408 e. The molecule has 11 nitrogen and oxygen atoms in total. The van der Waals surface area contributed by atoms with Gasteiger partial charge in [0.15, 0.2) is 15.7 Å². The molecule has 220 valence electrons. The summed E-state index contributed by atoms with van der Waals surface area (Å²) in [5.74, 6) is 0.0106. The van der Waals surface area contributed by atoms with Gasteiger partial charge < -0.3 is 15.4 Å². The smallest absolute Gasteiger partial charge is 0.382 e. The van der Waals surface area contributed by atoms with Crippen LogP contribution in [-0.2, 0) is 25.9 Å². The Morgan fingerprint density at radius 3 is 2.44 bits per heavy atom. The van der Waals surface area contributed by atoms with Gasteiger partial charge in [0.05, 0.1) is 40.2 Å². The number of amides is 1. The maximum absolute atomic E-state index is 13.2. The number of hydrogen-bond donors (Lipinski definition) is 1. The molecule has 2 N–H and O–H groups in total. The Bertz CT molecular complexity index is 1690. The molecule has 0 bridgehead atoms. The van der Waals surface area contributed by atoms with E-state index in [1.165, 1.54) is 46.2 Å². The summed E-state index contributed by atoms with van der Waals surface area (Å²) in [6.07, 6.45) is -0.527. The van der Waals surface area contributed by atoms with E-state index in [9.17, 15) is 26.4 Å². The summed E-state index contributed by atoms with van der Waals surface area (Å²) < 4.78 is 73.2. The zero-order valence-corrected chi connectivity index (χ0v) is 23.9. The Labute approximate surface area is 234 Å². The molecule has 0 saturated heterocycles. The quantitative estimate of drug-likeness (QED) is 0.288. The van der Waals surface area contributed by atoms with Crippen molar-refractivity contribution in [1.82, 2.24) is 24.4 Å². The number of anilines is 2. The summed E-state index contributed by atoms with van der Waals surface area (Å²) in [6.45, 7) is 6.09. The topological polar surface area (TPSA) is 138 Å². The van der Waals surface area contributed by atoms with Gasteiger partial charge in [-0.2, -0.15) is 23.4 Å². The molecule has 0 fully saturated rings. The van der Waals surface area contributed by atoms with Crippen molar-refractivity contribution in [2.24, 2.45) is 0 Å². The minimum atomic E-state index is -4.52. The fraction of sp³-hybridized carbons (Fsp3) is 0.385. The van der Waals surface area contributed by atoms with E-state index in [0.717, 1.165) is 10.9 Å². The summed E-state index contributed by atoms with van der Waals surface area (Å²) in [4.78, 5) is 17.5. The van der Waals surface area contributed by atoms with Crippen LogP contribution >= 0.6 is 0 Å². The van der Waals surface area contributed by atoms with Crippen LogP contribution in [-0.4, -0.2) is 69.9 Å². The van der Waals surface area contributed by atoms with Crippen molar-refractivity contribution in [3.05, 3.63) is 42.9 Å². The van der Waals surface area contributed by atoms with E-state index in [0.29, 0.717) is 17.7 Å². The molecule has 1 aromatic carbocycles. The van der Waals surface area contributed by atoms with Crippen LogP contribution in [0.3, 0.4) is 0 Å². The SMILES string of the molecule is C[C@@H](COC(C)(C)C)N(C=O)c1cc(-c2cc(-c3ccnn3CC(F)(F)F)c3c(N)ncnn23)ccc1S(C)(=O)=O. The lowest BCUT2D eigenvalue weighted by Gasteiger charge is -2.30. The summed E-state index contributed by atoms with van der Waals surface area (Å²) in [7, 11) is -3.78. The second kappa shape index (κ2) is 10.8. The first kappa shape index (κ1) is 30.0. The van der Waals surface area contributed by atoms with Gasteiger partial charge in [-0.15, -0.1) is 0 Å². The van der Waals surface area contributed by atoms with Gasteiger partial charge in [0, 0.05) is 23.6 Å². The first-order valence-electron chi connectivity index (χ1n) is 12.4. The van der Waals surface area contributed by atoms with Crippen LogP contribution in [0.4, 0.5) is 24.7 Å². The molecule has 0 unspecified atom stereocenters. The third-order valence-electron chi connectivity index (χ3n) is 6.18. The van der Waals surface area contributed by atoms with Crippen molar-refractivity contribution in [3.63, 3.8) is 0 Å². The average Bonchev–Trinajstić information content (AvgIpc) is 3.46. The van der Waals surface area contributed by atoms with Gasteiger partial charge in [0.25, 0.3) is 0 Å². The molecule has 15 heteroatoms. The minimum Gasteiger partial charge on any atom is -0.382 e. The van der Waals surface area contributed by atoms with Crippen molar-refractivity contribution in [3.8, 4) is 22.5 Å². The third kappa shape index (κ3) is 6.51. The van der Waals surface area contributed by atoms with E-state index < -0.39 is 34.2 Å². The number of hydrogen-bond acceptors (Lipinski definition) is 8. The fourth-order valence-electron chi connectivity index (χ4n) is 4.37. The number of nitrogens with zero attached hydrogens (tertiary/aromatic N) is 6.